The first kappa shape index (κ1) is 14.2. The fraction of sp³-hybridized carbons (Fsp3) is 0.571. The van der Waals surface area contributed by atoms with E-state index in [0.29, 0.717) is 0 Å². The molecule has 0 radical (unpaired) electrons. The summed E-state index contributed by atoms with van der Waals surface area (Å²) >= 11 is 0. The van der Waals surface area contributed by atoms with E-state index in [1.165, 1.54) is 49.7 Å². The Morgan fingerprint density at radius 2 is 1.60 bits per heavy atom. The van der Waals surface area contributed by atoms with E-state index < -0.39 is 0 Å². The zero-order chi connectivity index (χ0) is 10.2. The average Bonchev–Trinajstić information content (AvgIpc) is 2.20. The quantitative estimate of drug-likeness (QED) is 0.639. The fourth-order valence-electron chi connectivity index (χ4n) is 1.81. The van der Waals surface area contributed by atoms with Gasteiger partial charge in [-0.3, -0.25) is 0 Å². The molecule has 0 aromatic heterocycles. The van der Waals surface area contributed by atoms with Gasteiger partial charge < -0.3 is 5.48 Å². The van der Waals surface area contributed by atoms with E-state index in [-0.39, 0.29) is 5.48 Å². The van der Waals surface area contributed by atoms with Gasteiger partial charge in [0.2, 0.25) is 0 Å². The van der Waals surface area contributed by atoms with Gasteiger partial charge in [-0.15, -0.1) is 0 Å². The molecule has 0 amide bonds. The predicted molar refractivity (Wildman–Crippen MR) is 67.3 cm³/mol. The van der Waals surface area contributed by atoms with Gasteiger partial charge in [0.05, 0.1) is 0 Å². The molecule has 0 bridgehead atoms. The summed E-state index contributed by atoms with van der Waals surface area (Å²) in [7, 11) is 0. The van der Waals surface area contributed by atoms with Crippen LogP contribution in [0.25, 0.3) is 0 Å². The maximum absolute atomic E-state index is 2.27. The number of aryl methyl sites for hydroxylation is 2. The molecule has 15 heavy (non-hydrogen) atoms. The Kier molecular flexibility index (Phi) is 8.02. The minimum Gasteiger partial charge on any atom is -0.412 e. The fourth-order valence-corrected chi connectivity index (χ4v) is 1.81. The highest BCUT2D eigenvalue weighted by Gasteiger charge is 1.96. The van der Waals surface area contributed by atoms with Crippen molar-refractivity contribution in [1.82, 2.24) is 0 Å². The Bertz CT molecular complexity index is 255. The first-order chi connectivity index (χ1) is 6.84. The molecule has 1 heteroatoms. The van der Waals surface area contributed by atoms with Crippen LogP contribution < -0.4 is 0 Å². The second-order valence-corrected chi connectivity index (χ2v) is 4.09. The van der Waals surface area contributed by atoms with Crippen molar-refractivity contribution in [3.05, 3.63) is 35.4 Å². The van der Waals surface area contributed by atoms with Gasteiger partial charge in [-0.25, -0.2) is 0 Å². The zero-order valence-electron chi connectivity index (χ0n) is 10.1. The van der Waals surface area contributed by atoms with E-state index in [2.05, 4.69) is 38.1 Å². The zero-order valence-corrected chi connectivity index (χ0v) is 10.1. The second-order valence-electron chi connectivity index (χ2n) is 4.09. The van der Waals surface area contributed by atoms with Crippen molar-refractivity contribution in [3.63, 3.8) is 0 Å². The highest BCUT2D eigenvalue weighted by atomic mass is 16.0. The van der Waals surface area contributed by atoms with Crippen LogP contribution in [0.5, 0.6) is 0 Å². The topological polar surface area (TPSA) is 31.5 Å². The van der Waals surface area contributed by atoms with Gasteiger partial charge in [-0.05, 0) is 30.9 Å². The number of rotatable bonds is 6. The highest BCUT2D eigenvalue weighted by molar-refractivity contribution is 5.25. The molecule has 0 aliphatic rings. The van der Waals surface area contributed by atoms with Crippen LogP contribution in [0, 0.1) is 6.92 Å². The molecule has 86 valence electrons. The van der Waals surface area contributed by atoms with Crippen molar-refractivity contribution >= 4 is 0 Å². The first-order valence-electron chi connectivity index (χ1n) is 5.89. The van der Waals surface area contributed by atoms with E-state index in [0.717, 1.165) is 0 Å². The first-order valence-corrected chi connectivity index (χ1v) is 5.89. The van der Waals surface area contributed by atoms with Crippen molar-refractivity contribution in [2.24, 2.45) is 0 Å². The SMILES string of the molecule is CCCCCCCc1ccccc1C.O. The summed E-state index contributed by atoms with van der Waals surface area (Å²) in [4.78, 5) is 0. The molecule has 0 atom stereocenters. The molecule has 0 unspecified atom stereocenters. The number of hydrogen-bond acceptors (Lipinski definition) is 0. The molecule has 1 aromatic rings. The molecule has 0 saturated heterocycles. The van der Waals surface area contributed by atoms with Crippen LogP contribution in [0.3, 0.4) is 0 Å². The monoisotopic (exact) mass is 208 g/mol. The Labute approximate surface area is 93.8 Å². The number of benzene rings is 1. The van der Waals surface area contributed by atoms with Gasteiger partial charge in [0, 0.05) is 0 Å². The van der Waals surface area contributed by atoms with Crippen molar-refractivity contribution in [2.75, 3.05) is 0 Å². The minimum absolute atomic E-state index is 0. The molecular formula is C14H24O. The Morgan fingerprint density at radius 3 is 2.27 bits per heavy atom. The van der Waals surface area contributed by atoms with Gasteiger partial charge in [0.15, 0.2) is 0 Å². The summed E-state index contributed by atoms with van der Waals surface area (Å²) in [5, 5.41) is 0. The van der Waals surface area contributed by atoms with Gasteiger partial charge in [0.25, 0.3) is 0 Å². The largest absolute Gasteiger partial charge is 0.412 e. The van der Waals surface area contributed by atoms with Crippen LogP contribution in [-0.4, -0.2) is 5.48 Å². The van der Waals surface area contributed by atoms with E-state index >= 15 is 0 Å². The molecule has 0 spiro atoms. The summed E-state index contributed by atoms with van der Waals surface area (Å²) in [6.07, 6.45) is 8.14. The highest BCUT2D eigenvalue weighted by Crippen LogP contribution is 2.12. The van der Waals surface area contributed by atoms with E-state index in [9.17, 15) is 0 Å². The molecule has 0 fully saturated rings. The van der Waals surface area contributed by atoms with E-state index in [4.69, 9.17) is 0 Å². The summed E-state index contributed by atoms with van der Waals surface area (Å²) in [5.74, 6) is 0. The van der Waals surface area contributed by atoms with Crippen LogP contribution in [0.1, 0.15) is 50.2 Å². The summed E-state index contributed by atoms with van der Waals surface area (Å²) in [5.41, 5.74) is 2.98. The average molecular weight is 208 g/mol. The normalized spacial score (nSPS) is 9.73. The van der Waals surface area contributed by atoms with Crippen molar-refractivity contribution in [3.8, 4) is 0 Å². The van der Waals surface area contributed by atoms with Gasteiger partial charge in [0.1, 0.15) is 0 Å². The molecule has 1 rings (SSSR count). The van der Waals surface area contributed by atoms with Crippen LogP contribution in [0.15, 0.2) is 24.3 Å². The van der Waals surface area contributed by atoms with Crippen molar-refractivity contribution in [2.45, 2.75) is 52.4 Å². The maximum atomic E-state index is 2.27. The predicted octanol–water partition coefficient (Wildman–Crippen LogP) is 3.68. The number of unbranched alkanes of at least 4 members (excludes halogenated alkanes) is 4. The molecule has 0 heterocycles. The Balaban J connectivity index is 0.00000196. The maximum Gasteiger partial charge on any atom is -0.0276 e. The lowest BCUT2D eigenvalue weighted by Gasteiger charge is -2.04. The minimum atomic E-state index is 0. The molecule has 1 nitrogen and oxygen atoms in total. The second kappa shape index (κ2) is 8.49. The molecular weight excluding hydrogens is 184 g/mol. The molecule has 1 aromatic carbocycles. The third kappa shape index (κ3) is 5.58. The lowest BCUT2D eigenvalue weighted by atomic mass is 10.0. The Morgan fingerprint density at radius 1 is 0.933 bits per heavy atom. The van der Waals surface area contributed by atoms with Crippen LogP contribution in [-0.2, 0) is 6.42 Å². The van der Waals surface area contributed by atoms with E-state index in [1.54, 1.807) is 0 Å². The van der Waals surface area contributed by atoms with Crippen LogP contribution in [0.2, 0.25) is 0 Å². The Hall–Kier alpha value is -0.820. The number of hydrogen-bond donors (Lipinski definition) is 0. The van der Waals surface area contributed by atoms with Crippen LogP contribution in [0.4, 0.5) is 0 Å². The molecule has 0 aliphatic heterocycles. The van der Waals surface area contributed by atoms with Crippen molar-refractivity contribution < 1.29 is 5.48 Å². The summed E-state index contributed by atoms with van der Waals surface area (Å²) < 4.78 is 0. The smallest absolute Gasteiger partial charge is 0.0276 e. The molecule has 2 N–H and O–H groups in total. The third-order valence-electron chi connectivity index (χ3n) is 2.81. The lowest BCUT2D eigenvalue weighted by Crippen LogP contribution is -1.89. The van der Waals surface area contributed by atoms with Gasteiger partial charge in [-0.1, -0.05) is 56.9 Å². The molecule has 0 saturated carbocycles. The molecule has 0 aliphatic carbocycles. The van der Waals surface area contributed by atoms with Crippen LogP contribution >= 0.6 is 0 Å². The van der Waals surface area contributed by atoms with Crippen molar-refractivity contribution in [1.29, 1.82) is 0 Å². The third-order valence-corrected chi connectivity index (χ3v) is 2.81. The van der Waals surface area contributed by atoms with Gasteiger partial charge >= 0.3 is 0 Å². The summed E-state index contributed by atoms with van der Waals surface area (Å²) in [6.45, 7) is 4.47. The lowest BCUT2D eigenvalue weighted by molar-refractivity contribution is 0.631. The standard InChI is InChI=1S/C14H22.H2O/c1-3-4-5-6-7-11-14-12-9-8-10-13(14)2;/h8-10,12H,3-7,11H2,1-2H3;1H2. The van der Waals surface area contributed by atoms with Gasteiger partial charge in [-0.2, -0.15) is 0 Å². The van der Waals surface area contributed by atoms with E-state index in [1.807, 2.05) is 0 Å². The summed E-state index contributed by atoms with van der Waals surface area (Å²) in [6, 6.07) is 8.74.